The number of aliphatic hydroxyl groups is 1. The summed E-state index contributed by atoms with van der Waals surface area (Å²) in [4.78, 5) is 30.2. The van der Waals surface area contributed by atoms with E-state index in [0.717, 1.165) is 47.8 Å². The number of hydrogen-bond acceptors (Lipinski definition) is 7. The Hall–Kier alpha value is -3.98. The zero-order valence-corrected chi connectivity index (χ0v) is 27.0. The number of thiophene rings is 1. The van der Waals surface area contributed by atoms with E-state index in [1.54, 1.807) is 18.2 Å². The molecule has 5 rings (SSSR count). The van der Waals surface area contributed by atoms with Crippen molar-refractivity contribution in [3.05, 3.63) is 119 Å². The SMILES string of the molecule is CC(C)(C)OC(=O)NCc1ccc(-c2cccc(C(O)(C(=O)OCC3CCN(Cc4ccccc4)CC3)c3ccccc3)c2)s1. The van der Waals surface area contributed by atoms with Crippen molar-refractivity contribution in [2.75, 3.05) is 19.7 Å². The predicted octanol–water partition coefficient (Wildman–Crippen LogP) is 7.13. The lowest BCUT2D eigenvalue weighted by atomic mass is 9.85. The van der Waals surface area contributed by atoms with E-state index in [2.05, 4.69) is 34.5 Å². The zero-order chi connectivity index (χ0) is 31.9. The summed E-state index contributed by atoms with van der Waals surface area (Å²) < 4.78 is 11.2. The lowest BCUT2D eigenvalue weighted by molar-refractivity contribution is -0.164. The number of carbonyl (C=O) groups is 2. The van der Waals surface area contributed by atoms with Crippen molar-refractivity contribution in [3.8, 4) is 10.4 Å². The van der Waals surface area contributed by atoms with Gasteiger partial charge in [0.25, 0.3) is 0 Å². The molecule has 236 valence electrons. The second-order valence-corrected chi connectivity index (χ2v) is 13.8. The van der Waals surface area contributed by atoms with Crippen molar-refractivity contribution in [2.45, 2.75) is 57.9 Å². The zero-order valence-electron chi connectivity index (χ0n) is 26.2. The number of alkyl carbamates (subject to hydrolysis) is 1. The maximum Gasteiger partial charge on any atom is 0.407 e. The summed E-state index contributed by atoms with van der Waals surface area (Å²) in [5, 5.41) is 14.9. The Kier molecular flexibility index (Phi) is 10.4. The maximum atomic E-state index is 13.8. The molecule has 1 aromatic heterocycles. The van der Waals surface area contributed by atoms with E-state index in [1.165, 1.54) is 16.9 Å². The summed E-state index contributed by atoms with van der Waals surface area (Å²) >= 11 is 1.53. The number of nitrogens with one attached hydrogen (secondary N) is 1. The first-order valence-corrected chi connectivity index (χ1v) is 16.3. The summed E-state index contributed by atoms with van der Waals surface area (Å²) in [5.41, 5.74) is 0.516. The van der Waals surface area contributed by atoms with Crippen molar-refractivity contribution >= 4 is 23.4 Å². The molecule has 1 fully saturated rings. The van der Waals surface area contributed by atoms with Gasteiger partial charge < -0.3 is 19.9 Å². The van der Waals surface area contributed by atoms with Gasteiger partial charge in [0.05, 0.1) is 13.2 Å². The van der Waals surface area contributed by atoms with Crippen LogP contribution in [0.5, 0.6) is 0 Å². The molecule has 0 aliphatic carbocycles. The van der Waals surface area contributed by atoms with Crippen LogP contribution in [0.1, 0.15) is 55.2 Å². The van der Waals surface area contributed by atoms with Crippen molar-refractivity contribution < 1.29 is 24.2 Å². The second-order valence-electron chi connectivity index (χ2n) is 12.6. The van der Waals surface area contributed by atoms with E-state index in [1.807, 2.05) is 75.4 Å². The van der Waals surface area contributed by atoms with Crippen molar-refractivity contribution in [1.82, 2.24) is 10.2 Å². The van der Waals surface area contributed by atoms with Crippen LogP contribution in [0.4, 0.5) is 4.79 Å². The van der Waals surface area contributed by atoms with Crippen LogP contribution >= 0.6 is 11.3 Å². The molecule has 1 aliphatic heterocycles. The van der Waals surface area contributed by atoms with Crippen LogP contribution in [0.25, 0.3) is 10.4 Å². The van der Waals surface area contributed by atoms with Crippen molar-refractivity contribution in [3.63, 3.8) is 0 Å². The molecule has 2 N–H and O–H groups in total. The monoisotopic (exact) mass is 626 g/mol. The molecule has 7 nitrogen and oxygen atoms in total. The highest BCUT2D eigenvalue weighted by molar-refractivity contribution is 7.15. The van der Waals surface area contributed by atoms with Gasteiger partial charge in [0.2, 0.25) is 5.60 Å². The van der Waals surface area contributed by atoms with E-state index < -0.39 is 23.3 Å². The van der Waals surface area contributed by atoms with E-state index in [9.17, 15) is 14.7 Å². The van der Waals surface area contributed by atoms with Crippen LogP contribution in [0.3, 0.4) is 0 Å². The van der Waals surface area contributed by atoms with Crippen LogP contribution in [0, 0.1) is 5.92 Å². The number of nitrogens with zero attached hydrogens (tertiary/aromatic N) is 1. The predicted molar refractivity (Wildman–Crippen MR) is 178 cm³/mol. The third-order valence-corrected chi connectivity index (χ3v) is 9.06. The smallest absolute Gasteiger partial charge is 0.407 e. The molecule has 1 atom stereocenters. The summed E-state index contributed by atoms with van der Waals surface area (Å²) in [5.74, 6) is -0.433. The Morgan fingerprint density at radius 2 is 1.56 bits per heavy atom. The minimum atomic E-state index is -1.97. The molecule has 1 unspecified atom stereocenters. The number of carbonyl (C=O) groups excluding carboxylic acids is 2. The first kappa shape index (κ1) is 32.4. The molecule has 2 heterocycles. The van der Waals surface area contributed by atoms with Gasteiger partial charge in [0.15, 0.2) is 0 Å². The Bertz CT molecular complexity index is 1560. The molecule has 0 saturated carbocycles. The lowest BCUT2D eigenvalue weighted by Crippen LogP contribution is -2.40. The van der Waals surface area contributed by atoms with E-state index in [4.69, 9.17) is 9.47 Å². The number of esters is 1. The Labute approximate surface area is 269 Å². The fourth-order valence-corrected chi connectivity index (χ4v) is 6.48. The first-order valence-electron chi connectivity index (χ1n) is 15.5. The molecule has 0 spiro atoms. The molecule has 1 saturated heterocycles. The lowest BCUT2D eigenvalue weighted by Gasteiger charge is -2.33. The van der Waals surface area contributed by atoms with Gasteiger partial charge in [-0.05, 0) is 87.5 Å². The highest BCUT2D eigenvalue weighted by Gasteiger charge is 2.42. The topological polar surface area (TPSA) is 88.1 Å². The Morgan fingerprint density at radius 3 is 2.24 bits per heavy atom. The molecule has 1 amide bonds. The second kappa shape index (κ2) is 14.4. The van der Waals surface area contributed by atoms with E-state index in [-0.39, 0.29) is 12.5 Å². The van der Waals surface area contributed by atoms with E-state index in [0.29, 0.717) is 17.7 Å². The average Bonchev–Trinajstić information content (AvgIpc) is 3.52. The molecule has 45 heavy (non-hydrogen) atoms. The molecule has 0 bridgehead atoms. The maximum absolute atomic E-state index is 13.8. The van der Waals surface area contributed by atoms with Crippen LogP contribution in [-0.4, -0.2) is 47.4 Å². The highest BCUT2D eigenvalue weighted by atomic mass is 32.1. The van der Waals surface area contributed by atoms with Gasteiger partial charge >= 0.3 is 12.1 Å². The highest BCUT2D eigenvalue weighted by Crippen LogP contribution is 2.36. The number of benzene rings is 3. The molecule has 1 aliphatic rings. The molecular weight excluding hydrogens is 584 g/mol. The third kappa shape index (κ3) is 8.60. The molecule has 8 heteroatoms. The van der Waals surface area contributed by atoms with E-state index >= 15 is 0 Å². The molecular formula is C37H42N2O5S. The summed E-state index contributed by atoms with van der Waals surface area (Å²) in [7, 11) is 0. The van der Waals surface area contributed by atoms with Crippen molar-refractivity contribution in [2.24, 2.45) is 5.92 Å². The minimum absolute atomic E-state index is 0.242. The van der Waals surface area contributed by atoms with Crippen molar-refractivity contribution in [1.29, 1.82) is 0 Å². The molecule has 3 aromatic carbocycles. The van der Waals surface area contributed by atoms with Gasteiger partial charge in [0, 0.05) is 21.9 Å². The fraction of sp³-hybridized carbons (Fsp3) is 0.351. The number of amides is 1. The Balaban J connectivity index is 1.26. The normalized spacial score (nSPS) is 15.6. The molecule has 0 radical (unpaired) electrons. The van der Waals surface area contributed by atoms with Crippen LogP contribution in [0.2, 0.25) is 0 Å². The van der Waals surface area contributed by atoms with Gasteiger partial charge in [-0.3, -0.25) is 4.90 Å². The van der Waals surface area contributed by atoms with Crippen LogP contribution in [0.15, 0.2) is 97.1 Å². The van der Waals surface area contributed by atoms with Crippen LogP contribution in [-0.2, 0) is 33.0 Å². The van der Waals surface area contributed by atoms with Gasteiger partial charge in [0.1, 0.15) is 5.60 Å². The summed E-state index contributed by atoms with van der Waals surface area (Å²) in [6.07, 6.45) is 1.40. The first-order chi connectivity index (χ1) is 21.6. The minimum Gasteiger partial charge on any atom is -0.463 e. The van der Waals surface area contributed by atoms with Gasteiger partial charge in [-0.2, -0.15) is 0 Å². The molecule has 4 aromatic rings. The summed E-state index contributed by atoms with van der Waals surface area (Å²) in [6, 6.07) is 30.7. The van der Waals surface area contributed by atoms with Gasteiger partial charge in [-0.1, -0.05) is 78.9 Å². The van der Waals surface area contributed by atoms with Gasteiger partial charge in [-0.25, -0.2) is 9.59 Å². The number of likely N-dealkylation sites (tertiary alicyclic amines) is 1. The Morgan fingerprint density at radius 1 is 0.889 bits per heavy atom. The number of ether oxygens (including phenoxy) is 2. The third-order valence-electron chi connectivity index (χ3n) is 7.93. The average molecular weight is 627 g/mol. The number of hydrogen-bond donors (Lipinski definition) is 2. The van der Waals surface area contributed by atoms with Gasteiger partial charge in [-0.15, -0.1) is 11.3 Å². The quantitative estimate of drug-likeness (QED) is 0.182. The number of rotatable bonds is 10. The standard InChI is InChI=1S/C37H42N2O5S/c1-36(2,3)44-35(41)38-24-32-17-18-33(45-32)29-13-10-16-31(23-29)37(42,30-14-8-5-9-15-30)34(40)43-26-28-19-21-39(22-20-28)25-27-11-6-4-7-12-27/h4-18,23,28,42H,19-22,24-26H2,1-3H3,(H,38,41). The fourth-order valence-electron chi connectivity index (χ4n) is 5.53. The largest absolute Gasteiger partial charge is 0.463 e. The number of piperidine rings is 1. The summed E-state index contributed by atoms with van der Waals surface area (Å²) in [6.45, 7) is 8.89. The van der Waals surface area contributed by atoms with Crippen LogP contribution < -0.4 is 5.32 Å².